The molecule has 0 aliphatic rings. The first-order valence-corrected chi connectivity index (χ1v) is 8.15. The zero-order valence-corrected chi connectivity index (χ0v) is 13.8. The molecular weight excluding hydrogens is 306 g/mol. The van der Waals surface area contributed by atoms with Gasteiger partial charge in [-0.05, 0) is 26.0 Å². The van der Waals surface area contributed by atoms with E-state index in [1.807, 2.05) is 67.8 Å². The van der Waals surface area contributed by atoms with Gasteiger partial charge in [0, 0.05) is 16.6 Å². The fraction of sp³-hybridized carbons (Fsp3) is 0.111. The number of aromatic nitrogens is 1. The SMILES string of the molecule is Cc1ccc(NC(=O)Nc2nc(-c3ccc(C)cc3)cs2)cc1. The van der Waals surface area contributed by atoms with E-state index in [2.05, 4.69) is 15.6 Å². The highest BCUT2D eigenvalue weighted by Gasteiger charge is 2.08. The first-order valence-electron chi connectivity index (χ1n) is 7.27. The molecule has 2 N–H and O–H groups in total. The van der Waals surface area contributed by atoms with E-state index >= 15 is 0 Å². The summed E-state index contributed by atoms with van der Waals surface area (Å²) >= 11 is 1.41. The van der Waals surface area contributed by atoms with E-state index in [0.717, 1.165) is 22.5 Å². The lowest BCUT2D eigenvalue weighted by atomic mass is 10.1. The average Bonchev–Trinajstić information content (AvgIpc) is 2.98. The second-order valence-electron chi connectivity index (χ2n) is 5.35. The van der Waals surface area contributed by atoms with Crippen molar-refractivity contribution in [3.63, 3.8) is 0 Å². The number of aryl methyl sites for hydroxylation is 2. The fourth-order valence-electron chi connectivity index (χ4n) is 2.08. The Kier molecular flexibility index (Phi) is 4.39. The molecule has 2 aromatic carbocycles. The van der Waals surface area contributed by atoms with E-state index in [9.17, 15) is 4.79 Å². The van der Waals surface area contributed by atoms with Crippen LogP contribution in [0.25, 0.3) is 11.3 Å². The Labute approximate surface area is 139 Å². The predicted molar refractivity (Wildman–Crippen MR) is 96.1 cm³/mol. The number of anilines is 2. The summed E-state index contributed by atoms with van der Waals surface area (Å²) < 4.78 is 0. The van der Waals surface area contributed by atoms with E-state index in [1.54, 1.807) is 0 Å². The first kappa shape index (κ1) is 15.2. The lowest BCUT2D eigenvalue weighted by Crippen LogP contribution is -2.19. The maximum Gasteiger partial charge on any atom is 0.325 e. The molecular formula is C18H17N3OS. The van der Waals surface area contributed by atoms with Gasteiger partial charge in [-0.2, -0.15) is 0 Å². The van der Waals surface area contributed by atoms with Crippen LogP contribution in [0.2, 0.25) is 0 Å². The molecule has 23 heavy (non-hydrogen) atoms. The van der Waals surface area contributed by atoms with Crippen molar-refractivity contribution in [1.82, 2.24) is 4.98 Å². The maximum atomic E-state index is 12.0. The summed E-state index contributed by atoms with van der Waals surface area (Å²) in [6.07, 6.45) is 0. The van der Waals surface area contributed by atoms with Gasteiger partial charge in [-0.15, -0.1) is 11.3 Å². The monoisotopic (exact) mass is 323 g/mol. The third-order valence-electron chi connectivity index (χ3n) is 3.38. The number of nitrogens with zero attached hydrogens (tertiary/aromatic N) is 1. The number of urea groups is 1. The van der Waals surface area contributed by atoms with Crippen molar-refractivity contribution in [2.45, 2.75) is 13.8 Å². The van der Waals surface area contributed by atoms with E-state index in [4.69, 9.17) is 0 Å². The highest BCUT2D eigenvalue weighted by molar-refractivity contribution is 7.14. The summed E-state index contributed by atoms with van der Waals surface area (Å²) in [7, 11) is 0. The Morgan fingerprint density at radius 3 is 2.17 bits per heavy atom. The van der Waals surface area contributed by atoms with Crippen LogP contribution < -0.4 is 10.6 Å². The molecule has 1 aromatic heterocycles. The number of rotatable bonds is 3. The number of carbonyl (C=O) groups excluding carboxylic acids is 1. The van der Waals surface area contributed by atoms with Crippen molar-refractivity contribution in [2.75, 3.05) is 10.6 Å². The minimum Gasteiger partial charge on any atom is -0.308 e. The third kappa shape index (κ3) is 3.96. The predicted octanol–water partition coefficient (Wildman–Crippen LogP) is 5.07. The van der Waals surface area contributed by atoms with Crippen molar-refractivity contribution in [3.05, 3.63) is 65.0 Å². The second-order valence-corrected chi connectivity index (χ2v) is 6.21. The number of amides is 2. The van der Waals surface area contributed by atoms with Gasteiger partial charge >= 0.3 is 6.03 Å². The number of thiazole rings is 1. The molecule has 0 aliphatic carbocycles. The summed E-state index contributed by atoms with van der Waals surface area (Å²) in [5.74, 6) is 0. The maximum absolute atomic E-state index is 12.0. The second kappa shape index (κ2) is 6.62. The van der Waals surface area contributed by atoms with E-state index in [-0.39, 0.29) is 6.03 Å². The van der Waals surface area contributed by atoms with Crippen molar-refractivity contribution in [1.29, 1.82) is 0 Å². The molecule has 0 saturated carbocycles. The lowest BCUT2D eigenvalue weighted by Gasteiger charge is -2.05. The Bertz CT molecular complexity index is 807. The molecule has 0 spiro atoms. The molecule has 4 nitrogen and oxygen atoms in total. The number of nitrogens with one attached hydrogen (secondary N) is 2. The Morgan fingerprint density at radius 2 is 1.52 bits per heavy atom. The van der Waals surface area contributed by atoms with Crippen LogP contribution >= 0.6 is 11.3 Å². The number of hydrogen-bond acceptors (Lipinski definition) is 3. The topological polar surface area (TPSA) is 54.0 Å². The van der Waals surface area contributed by atoms with Crippen LogP contribution in [0.1, 0.15) is 11.1 Å². The van der Waals surface area contributed by atoms with Gasteiger partial charge < -0.3 is 5.32 Å². The molecule has 0 fully saturated rings. The van der Waals surface area contributed by atoms with Crippen LogP contribution in [0, 0.1) is 13.8 Å². The highest BCUT2D eigenvalue weighted by atomic mass is 32.1. The molecule has 0 aliphatic heterocycles. The van der Waals surface area contributed by atoms with Crippen LogP contribution in [0.15, 0.2) is 53.9 Å². The van der Waals surface area contributed by atoms with Crippen molar-refractivity contribution >= 4 is 28.2 Å². The first-order chi connectivity index (χ1) is 11.1. The molecule has 1 heterocycles. The highest BCUT2D eigenvalue weighted by Crippen LogP contribution is 2.25. The molecule has 116 valence electrons. The van der Waals surface area contributed by atoms with Gasteiger partial charge in [-0.25, -0.2) is 9.78 Å². The Morgan fingerprint density at radius 1 is 0.913 bits per heavy atom. The standard InChI is InChI=1S/C18H17N3OS/c1-12-3-7-14(8-4-12)16-11-23-18(20-16)21-17(22)19-15-9-5-13(2)6-10-15/h3-11H,1-2H3,(H2,19,20,21,22). The van der Waals surface area contributed by atoms with Gasteiger partial charge in [0.25, 0.3) is 0 Å². The van der Waals surface area contributed by atoms with Crippen LogP contribution in [-0.4, -0.2) is 11.0 Å². The van der Waals surface area contributed by atoms with E-state index in [1.165, 1.54) is 16.9 Å². The largest absolute Gasteiger partial charge is 0.325 e. The minimum absolute atomic E-state index is 0.293. The van der Waals surface area contributed by atoms with Crippen LogP contribution in [-0.2, 0) is 0 Å². The summed E-state index contributed by atoms with van der Waals surface area (Å²) in [6, 6.07) is 15.5. The number of hydrogen-bond donors (Lipinski definition) is 2. The van der Waals surface area contributed by atoms with Gasteiger partial charge in [0.15, 0.2) is 5.13 Å². The minimum atomic E-state index is -0.293. The van der Waals surface area contributed by atoms with Crippen LogP contribution in [0.3, 0.4) is 0 Å². The quantitative estimate of drug-likeness (QED) is 0.707. The summed E-state index contributed by atoms with van der Waals surface area (Å²) in [4.78, 5) is 16.5. The third-order valence-corrected chi connectivity index (χ3v) is 4.14. The Hall–Kier alpha value is -2.66. The van der Waals surface area contributed by atoms with Crippen molar-refractivity contribution in [2.24, 2.45) is 0 Å². The van der Waals surface area contributed by atoms with Crippen molar-refractivity contribution in [3.8, 4) is 11.3 Å². The van der Waals surface area contributed by atoms with Crippen LogP contribution in [0.5, 0.6) is 0 Å². The van der Waals surface area contributed by atoms with Gasteiger partial charge in [-0.3, -0.25) is 5.32 Å². The Balaban J connectivity index is 1.65. The molecule has 5 heteroatoms. The van der Waals surface area contributed by atoms with Gasteiger partial charge in [-0.1, -0.05) is 47.5 Å². The molecule has 3 rings (SSSR count). The molecule has 0 bridgehead atoms. The average molecular weight is 323 g/mol. The molecule has 2 amide bonds. The van der Waals surface area contributed by atoms with Crippen LogP contribution in [0.4, 0.5) is 15.6 Å². The number of benzene rings is 2. The fourth-order valence-corrected chi connectivity index (χ4v) is 2.80. The van der Waals surface area contributed by atoms with Gasteiger partial charge in [0.05, 0.1) is 5.69 Å². The lowest BCUT2D eigenvalue weighted by molar-refractivity contribution is 0.262. The van der Waals surface area contributed by atoms with Gasteiger partial charge in [0.2, 0.25) is 0 Å². The smallest absolute Gasteiger partial charge is 0.308 e. The van der Waals surface area contributed by atoms with Gasteiger partial charge in [0.1, 0.15) is 0 Å². The summed E-state index contributed by atoms with van der Waals surface area (Å²) in [5.41, 5.74) is 5.02. The molecule has 0 unspecified atom stereocenters. The summed E-state index contributed by atoms with van der Waals surface area (Å²) in [5, 5.41) is 8.07. The normalized spacial score (nSPS) is 10.3. The van der Waals surface area contributed by atoms with E-state index < -0.39 is 0 Å². The number of carbonyl (C=O) groups is 1. The molecule has 0 atom stereocenters. The zero-order chi connectivity index (χ0) is 16.2. The molecule has 0 radical (unpaired) electrons. The zero-order valence-electron chi connectivity index (χ0n) is 13.0. The molecule has 0 saturated heterocycles. The summed E-state index contributed by atoms with van der Waals surface area (Å²) in [6.45, 7) is 4.05. The van der Waals surface area contributed by atoms with Crippen molar-refractivity contribution < 1.29 is 4.79 Å². The molecule has 3 aromatic rings. The van der Waals surface area contributed by atoms with E-state index in [0.29, 0.717) is 5.13 Å².